The zero-order valence-corrected chi connectivity index (χ0v) is 17.0. The Bertz CT molecular complexity index is 854. The summed E-state index contributed by atoms with van der Waals surface area (Å²) in [4.78, 5) is 15.1. The summed E-state index contributed by atoms with van der Waals surface area (Å²) >= 11 is 5.17. The van der Waals surface area contributed by atoms with E-state index in [0.29, 0.717) is 31.7 Å². The average Bonchev–Trinajstić information content (AvgIpc) is 3.00. The van der Waals surface area contributed by atoms with Gasteiger partial charge in [0.25, 0.3) is 0 Å². The molecule has 1 saturated heterocycles. The minimum Gasteiger partial charge on any atom is -0.296 e. The van der Waals surface area contributed by atoms with Gasteiger partial charge in [-0.05, 0) is 47.1 Å². The molecule has 1 aromatic heterocycles. The lowest BCUT2D eigenvalue weighted by Gasteiger charge is -2.33. The molecule has 8 heteroatoms. The molecule has 2 aromatic rings. The molecule has 1 aliphatic heterocycles. The van der Waals surface area contributed by atoms with Gasteiger partial charge >= 0.3 is 0 Å². The van der Waals surface area contributed by atoms with Gasteiger partial charge in [-0.15, -0.1) is 11.3 Å². The molecule has 0 unspecified atom stereocenters. The van der Waals surface area contributed by atoms with Crippen molar-refractivity contribution in [1.29, 1.82) is 0 Å². The smallest absolute Gasteiger partial charge is 0.243 e. The number of nitrogens with zero attached hydrogens (tertiary/aromatic N) is 2. The van der Waals surface area contributed by atoms with E-state index in [1.165, 1.54) is 28.2 Å². The van der Waals surface area contributed by atoms with Crippen molar-refractivity contribution in [1.82, 2.24) is 9.21 Å². The van der Waals surface area contributed by atoms with Crippen LogP contribution in [0.4, 0.5) is 0 Å². The second kappa shape index (κ2) is 7.67. The van der Waals surface area contributed by atoms with Gasteiger partial charge in [0.2, 0.25) is 10.0 Å². The van der Waals surface area contributed by atoms with E-state index < -0.39 is 10.0 Å². The lowest BCUT2D eigenvalue weighted by molar-refractivity contribution is 0.101. The predicted molar refractivity (Wildman–Crippen MR) is 103 cm³/mol. The number of thiophene rings is 1. The molecule has 0 saturated carbocycles. The highest BCUT2D eigenvalue weighted by Gasteiger charge is 2.28. The molecule has 0 radical (unpaired) electrons. The molecular formula is C17H19BrN2O3S2. The van der Waals surface area contributed by atoms with Gasteiger partial charge < -0.3 is 0 Å². The Labute approximate surface area is 160 Å². The Balaban J connectivity index is 1.63. The molecule has 1 fully saturated rings. The molecule has 0 atom stereocenters. The predicted octanol–water partition coefficient (Wildman–Crippen LogP) is 3.22. The summed E-state index contributed by atoms with van der Waals surface area (Å²) in [6.45, 7) is 4.68. The summed E-state index contributed by atoms with van der Waals surface area (Å²) in [5, 5.41) is 0. The minimum absolute atomic E-state index is 0.0715. The fraction of sp³-hybridized carbons (Fsp3) is 0.353. The first-order valence-corrected chi connectivity index (χ1v) is 11.0. The molecule has 2 heterocycles. The number of halogens is 1. The van der Waals surface area contributed by atoms with Crippen molar-refractivity contribution in [2.24, 2.45) is 0 Å². The highest BCUT2D eigenvalue weighted by atomic mass is 79.9. The Hall–Kier alpha value is -1.06. The third kappa shape index (κ3) is 4.38. The van der Waals surface area contributed by atoms with Crippen LogP contribution in [0.25, 0.3) is 0 Å². The number of sulfonamides is 1. The number of hydrogen-bond acceptors (Lipinski definition) is 5. The Morgan fingerprint density at radius 1 is 1.08 bits per heavy atom. The largest absolute Gasteiger partial charge is 0.296 e. The van der Waals surface area contributed by atoms with Crippen LogP contribution in [0.2, 0.25) is 0 Å². The molecule has 0 N–H and O–H groups in total. The van der Waals surface area contributed by atoms with E-state index in [4.69, 9.17) is 0 Å². The topological polar surface area (TPSA) is 57.7 Å². The van der Waals surface area contributed by atoms with Gasteiger partial charge in [-0.25, -0.2) is 8.42 Å². The van der Waals surface area contributed by atoms with E-state index in [-0.39, 0.29) is 10.7 Å². The van der Waals surface area contributed by atoms with Crippen LogP contribution in [0.3, 0.4) is 0 Å². The van der Waals surface area contributed by atoms with Gasteiger partial charge in [0, 0.05) is 43.2 Å². The van der Waals surface area contributed by atoms with Crippen molar-refractivity contribution in [2.45, 2.75) is 18.4 Å². The van der Waals surface area contributed by atoms with E-state index in [1.807, 2.05) is 6.07 Å². The van der Waals surface area contributed by atoms with Crippen molar-refractivity contribution in [3.8, 4) is 0 Å². The van der Waals surface area contributed by atoms with E-state index in [1.54, 1.807) is 23.5 Å². The molecule has 1 aliphatic rings. The summed E-state index contributed by atoms with van der Waals surface area (Å²) in [7, 11) is -3.51. The molecule has 0 aliphatic carbocycles. The fourth-order valence-corrected chi connectivity index (χ4v) is 5.74. The van der Waals surface area contributed by atoms with Crippen LogP contribution in [0.5, 0.6) is 0 Å². The third-order valence-electron chi connectivity index (χ3n) is 4.24. The quantitative estimate of drug-likeness (QED) is 0.666. The van der Waals surface area contributed by atoms with Gasteiger partial charge in [0.1, 0.15) is 0 Å². The Morgan fingerprint density at radius 2 is 1.72 bits per heavy atom. The molecular weight excluding hydrogens is 424 g/mol. The molecule has 3 rings (SSSR count). The second-order valence-electron chi connectivity index (χ2n) is 5.97. The fourth-order valence-electron chi connectivity index (χ4n) is 2.80. The first-order chi connectivity index (χ1) is 11.9. The van der Waals surface area contributed by atoms with Gasteiger partial charge in [-0.3, -0.25) is 9.69 Å². The van der Waals surface area contributed by atoms with E-state index in [9.17, 15) is 13.2 Å². The van der Waals surface area contributed by atoms with Crippen molar-refractivity contribution >= 4 is 43.1 Å². The van der Waals surface area contributed by atoms with Crippen LogP contribution in [0.15, 0.2) is 45.1 Å². The third-order valence-corrected chi connectivity index (χ3v) is 7.76. The zero-order valence-electron chi connectivity index (χ0n) is 13.8. The van der Waals surface area contributed by atoms with Crippen molar-refractivity contribution in [3.05, 3.63) is 50.6 Å². The maximum absolute atomic E-state index is 12.8. The lowest BCUT2D eigenvalue weighted by Crippen LogP contribution is -2.48. The average molecular weight is 443 g/mol. The molecule has 0 spiro atoms. The maximum Gasteiger partial charge on any atom is 0.243 e. The van der Waals surface area contributed by atoms with E-state index in [2.05, 4.69) is 26.9 Å². The standard InChI is InChI=1S/C17H19BrN2O3S2/c1-13(21)14-2-5-16(6-3-14)25(22,23)20-10-8-19(9-11-20)12-15-4-7-17(18)24-15/h2-7H,8-12H2,1H3. The van der Waals surface area contributed by atoms with Crippen LogP contribution >= 0.6 is 27.3 Å². The summed E-state index contributed by atoms with van der Waals surface area (Å²) in [5.74, 6) is -0.0715. The molecule has 0 amide bonds. The Morgan fingerprint density at radius 3 is 2.24 bits per heavy atom. The van der Waals surface area contributed by atoms with Gasteiger partial charge in [0.15, 0.2) is 5.78 Å². The normalized spacial score (nSPS) is 16.9. The number of piperazine rings is 1. The van der Waals surface area contributed by atoms with Crippen molar-refractivity contribution in [2.75, 3.05) is 26.2 Å². The summed E-state index contributed by atoms with van der Waals surface area (Å²) in [6.07, 6.45) is 0. The number of carbonyl (C=O) groups excluding carboxylic acids is 1. The first kappa shape index (κ1) is 18.7. The van der Waals surface area contributed by atoms with Gasteiger partial charge in [-0.2, -0.15) is 4.31 Å². The number of benzene rings is 1. The maximum atomic E-state index is 12.8. The molecule has 1 aromatic carbocycles. The molecule has 134 valence electrons. The first-order valence-electron chi connectivity index (χ1n) is 7.94. The Kier molecular flexibility index (Phi) is 5.75. The summed E-state index contributed by atoms with van der Waals surface area (Å²) < 4.78 is 28.1. The van der Waals surface area contributed by atoms with Crippen molar-refractivity contribution in [3.63, 3.8) is 0 Å². The van der Waals surface area contributed by atoms with Crippen LogP contribution in [-0.4, -0.2) is 49.6 Å². The van der Waals surface area contributed by atoms with Crippen LogP contribution in [0.1, 0.15) is 22.2 Å². The van der Waals surface area contributed by atoms with Crippen molar-refractivity contribution < 1.29 is 13.2 Å². The van der Waals surface area contributed by atoms with Gasteiger partial charge in [-0.1, -0.05) is 12.1 Å². The molecule has 0 bridgehead atoms. The number of Topliss-reactive ketones (excluding diaryl/α,β-unsaturated/α-hetero) is 1. The highest BCUT2D eigenvalue weighted by Crippen LogP contribution is 2.24. The van der Waals surface area contributed by atoms with Crippen LogP contribution in [0, 0.1) is 0 Å². The lowest BCUT2D eigenvalue weighted by atomic mass is 10.2. The number of carbonyl (C=O) groups is 1. The minimum atomic E-state index is -3.51. The van der Waals surface area contributed by atoms with Gasteiger partial charge in [0.05, 0.1) is 8.68 Å². The highest BCUT2D eigenvalue weighted by molar-refractivity contribution is 9.11. The molecule has 25 heavy (non-hydrogen) atoms. The summed E-state index contributed by atoms with van der Waals surface area (Å²) in [6, 6.07) is 10.3. The number of hydrogen-bond donors (Lipinski definition) is 0. The summed E-state index contributed by atoms with van der Waals surface area (Å²) in [5.41, 5.74) is 0.519. The molecule has 5 nitrogen and oxygen atoms in total. The monoisotopic (exact) mass is 442 g/mol. The number of ketones is 1. The SMILES string of the molecule is CC(=O)c1ccc(S(=O)(=O)N2CCN(Cc3ccc(Br)s3)CC2)cc1. The number of rotatable bonds is 5. The van der Waals surface area contributed by atoms with Crippen LogP contribution in [-0.2, 0) is 16.6 Å². The second-order valence-corrected chi connectivity index (χ2v) is 10.5. The van der Waals surface area contributed by atoms with Crippen LogP contribution < -0.4 is 0 Å². The van der Waals surface area contributed by atoms with E-state index >= 15 is 0 Å². The zero-order chi connectivity index (χ0) is 18.0. The van der Waals surface area contributed by atoms with E-state index in [0.717, 1.165) is 10.3 Å².